The lowest BCUT2D eigenvalue weighted by molar-refractivity contribution is -0.142. The zero-order valence-corrected chi connectivity index (χ0v) is 15.2. The van der Waals surface area contributed by atoms with Crippen molar-refractivity contribution in [1.82, 2.24) is 0 Å². The highest BCUT2D eigenvalue weighted by atomic mass is 32.2. The summed E-state index contributed by atoms with van der Waals surface area (Å²) in [6.45, 7) is 5.44. The molecule has 2 aromatic rings. The number of hydrogen-bond acceptors (Lipinski definition) is 4. The number of rotatable bonds is 9. The number of nitrogens with one attached hydrogen (secondary N) is 1. The van der Waals surface area contributed by atoms with E-state index in [-0.39, 0.29) is 5.97 Å². The summed E-state index contributed by atoms with van der Waals surface area (Å²) in [5, 5.41) is 3.45. The van der Waals surface area contributed by atoms with Crippen LogP contribution in [0.5, 0.6) is 0 Å². The van der Waals surface area contributed by atoms with Gasteiger partial charge in [-0.2, -0.15) is 0 Å². The minimum absolute atomic E-state index is 0.179. The summed E-state index contributed by atoms with van der Waals surface area (Å²) in [7, 11) is 0. The predicted molar refractivity (Wildman–Crippen MR) is 101 cm³/mol. The van der Waals surface area contributed by atoms with Crippen LogP contribution in [-0.4, -0.2) is 19.1 Å². The maximum absolute atomic E-state index is 11.6. The molecule has 0 unspecified atom stereocenters. The molecule has 3 nitrogen and oxygen atoms in total. The van der Waals surface area contributed by atoms with Crippen molar-refractivity contribution in [3.63, 3.8) is 0 Å². The maximum Gasteiger partial charge on any atom is 0.310 e. The fourth-order valence-electron chi connectivity index (χ4n) is 2.31. The first-order valence-electron chi connectivity index (χ1n) is 8.47. The lowest BCUT2D eigenvalue weighted by Gasteiger charge is -2.09. The maximum atomic E-state index is 11.6. The SMILES string of the molecule is CCCCNc1cccc(Sc2cccc(CC(=O)OCC)c2)c1. The van der Waals surface area contributed by atoms with Crippen LogP contribution in [0, 0.1) is 0 Å². The van der Waals surface area contributed by atoms with Crippen LogP contribution in [0.4, 0.5) is 5.69 Å². The van der Waals surface area contributed by atoms with Gasteiger partial charge < -0.3 is 10.1 Å². The molecule has 24 heavy (non-hydrogen) atoms. The van der Waals surface area contributed by atoms with Crippen LogP contribution in [0.1, 0.15) is 32.3 Å². The Bertz CT molecular complexity index is 658. The summed E-state index contributed by atoms with van der Waals surface area (Å²) in [5.41, 5.74) is 2.13. The summed E-state index contributed by atoms with van der Waals surface area (Å²) in [6, 6.07) is 16.5. The van der Waals surface area contributed by atoms with E-state index in [1.807, 2.05) is 19.1 Å². The lowest BCUT2D eigenvalue weighted by Crippen LogP contribution is -2.07. The Hall–Kier alpha value is -1.94. The highest BCUT2D eigenvalue weighted by molar-refractivity contribution is 7.99. The summed E-state index contributed by atoms with van der Waals surface area (Å²) >= 11 is 1.70. The Balaban J connectivity index is 2.00. The lowest BCUT2D eigenvalue weighted by atomic mass is 10.1. The molecule has 0 aromatic heterocycles. The Labute approximate surface area is 148 Å². The second-order valence-corrected chi connectivity index (χ2v) is 6.69. The van der Waals surface area contributed by atoms with Crippen molar-refractivity contribution in [2.45, 2.75) is 42.9 Å². The third-order valence-electron chi connectivity index (χ3n) is 3.48. The number of benzene rings is 2. The third kappa shape index (κ3) is 6.28. The monoisotopic (exact) mass is 343 g/mol. The molecule has 128 valence electrons. The first-order valence-corrected chi connectivity index (χ1v) is 9.29. The highest BCUT2D eigenvalue weighted by Crippen LogP contribution is 2.30. The third-order valence-corrected chi connectivity index (χ3v) is 4.46. The minimum atomic E-state index is -0.179. The van der Waals surface area contributed by atoms with Crippen molar-refractivity contribution in [1.29, 1.82) is 0 Å². The second-order valence-electron chi connectivity index (χ2n) is 5.54. The predicted octanol–water partition coefficient (Wildman–Crippen LogP) is 5.16. The standard InChI is InChI=1S/C20H25NO2S/c1-3-5-12-21-17-9-7-11-19(15-17)24-18-10-6-8-16(13-18)14-20(22)23-4-2/h6-11,13,15,21H,3-5,12,14H2,1-2H3. The van der Waals surface area contributed by atoms with Gasteiger partial charge in [-0.15, -0.1) is 0 Å². The smallest absolute Gasteiger partial charge is 0.310 e. The Morgan fingerprint density at radius 3 is 2.58 bits per heavy atom. The first-order chi connectivity index (χ1) is 11.7. The number of carbonyl (C=O) groups excluding carboxylic acids is 1. The average Bonchev–Trinajstić information content (AvgIpc) is 2.56. The molecule has 0 aliphatic carbocycles. The molecule has 0 saturated heterocycles. The van der Waals surface area contributed by atoms with E-state index in [0.29, 0.717) is 13.0 Å². The molecular weight excluding hydrogens is 318 g/mol. The van der Waals surface area contributed by atoms with Crippen LogP contribution in [0.25, 0.3) is 0 Å². The fraction of sp³-hybridized carbons (Fsp3) is 0.350. The van der Waals surface area contributed by atoms with E-state index in [1.165, 1.54) is 17.7 Å². The number of hydrogen-bond donors (Lipinski definition) is 1. The average molecular weight is 343 g/mol. The summed E-state index contributed by atoms with van der Waals surface area (Å²) in [6.07, 6.45) is 2.68. The Morgan fingerprint density at radius 2 is 1.83 bits per heavy atom. The molecule has 2 rings (SSSR count). The first kappa shape index (κ1) is 18.4. The molecule has 2 aromatic carbocycles. The molecule has 0 bridgehead atoms. The Morgan fingerprint density at radius 1 is 1.08 bits per heavy atom. The van der Waals surface area contributed by atoms with Crippen molar-refractivity contribution >= 4 is 23.4 Å². The van der Waals surface area contributed by atoms with Gasteiger partial charge in [0.15, 0.2) is 0 Å². The van der Waals surface area contributed by atoms with Crippen LogP contribution in [0.2, 0.25) is 0 Å². The summed E-state index contributed by atoms with van der Waals surface area (Å²) in [5.74, 6) is -0.179. The summed E-state index contributed by atoms with van der Waals surface area (Å²) < 4.78 is 5.01. The molecule has 1 N–H and O–H groups in total. The molecular formula is C20H25NO2S. The van der Waals surface area contributed by atoms with E-state index >= 15 is 0 Å². The van der Waals surface area contributed by atoms with Crippen molar-refractivity contribution in [2.24, 2.45) is 0 Å². The van der Waals surface area contributed by atoms with Crippen LogP contribution >= 0.6 is 11.8 Å². The number of carbonyl (C=O) groups is 1. The van der Waals surface area contributed by atoms with E-state index in [1.54, 1.807) is 11.8 Å². The van der Waals surface area contributed by atoms with Gasteiger partial charge in [0, 0.05) is 22.0 Å². The minimum Gasteiger partial charge on any atom is -0.466 e. The number of esters is 1. The van der Waals surface area contributed by atoms with Gasteiger partial charge in [-0.05, 0) is 49.2 Å². The molecule has 0 fully saturated rings. The van der Waals surface area contributed by atoms with Crippen molar-refractivity contribution < 1.29 is 9.53 Å². The largest absolute Gasteiger partial charge is 0.466 e. The number of unbranched alkanes of at least 4 members (excludes halogenated alkanes) is 1. The second kappa shape index (κ2) is 10.0. The molecule has 0 atom stereocenters. The molecule has 0 radical (unpaired) electrons. The zero-order chi connectivity index (χ0) is 17.2. The normalized spacial score (nSPS) is 10.4. The van der Waals surface area contributed by atoms with Crippen LogP contribution < -0.4 is 5.32 Å². The van der Waals surface area contributed by atoms with Crippen molar-refractivity contribution in [2.75, 3.05) is 18.5 Å². The molecule has 4 heteroatoms. The van der Waals surface area contributed by atoms with Crippen LogP contribution in [0.15, 0.2) is 58.3 Å². The van der Waals surface area contributed by atoms with E-state index in [0.717, 1.165) is 22.7 Å². The van der Waals surface area contributed by atoms with Gasteiger partial charge in [-0.25, -0.2) is 0 Å². The van der Waals surface area contributed by atoms with Gasteiger partial charge in [0.05, 0.1) is 13.0 Å². The summed E-state index contributed by atoms with van der Waals surface area (Å²) in [4.78, 5) is 13.9. The topological polar surface area (TPSA) is 38.3 Å². The molecule has 0 saturated carbocycles. The van der Waals surface area contributed by atoms with Gasteiger partial charge in [0.2, 0.25) is 0 Å². The van der Waals surface area contributed by atoms with E-state index in [2.05, 4.69) is 48.6 Å². The van der Waals surface area contributed by atoms with Gasteiger partial charge >= 0.3 is 5.97 Å². The zero-order valence-electron chi connectivity index (χ0n) is 14.4. The van der Waals surface area contributed by atoms with E-state index in [9.17, 15) is 4.79 Å². The molecule has 0 aliphatic rings. The molecule has 0 spiro atoms. The molecule has 0 heterocycles. The van der Waals surface area contributed by atoms with E-state index < -0.39 is 0 Å². The van der Waals surface area contributed by atoms with Crippen molar-refractivity contribution in [3.8, 4) is 0 Å². The molecule has 0 aliphatic heterocycles. The Kier molecular flexibility index (Phi) is 7.69. The number of ether oxygens (including phenoxy) is 1. The quantitative estimate of drug-likeness (QED) is 0.504. The van der Waals surface area contributed by atoms with Gasteiger partial charge in [0.25, 0.3) is 0 Å². The fourth-order valence-corrected chi connectivity index (χ4v) is 3.27. The van der Waals surface area contributed by atoms with Crippen LogP contribution in [0.3, 0.4) is 0 Å². The number of anilines is 1. The highest BCUT2D eigenvalue weighted by Gasteiger charge is 2.06. The van der Waals surface area contributed by atoms with Gasteiger partial charge in [-0.3, -0.25) is 4.79 Å². The van der Waals surface area contributed by atoms with Crippen LogP contribution in [-0.2, 0) is 16.0 Å². The van der Waals surface area contributed by atoms with Crippen molar-refractivity contribution in [3.05, 3.63) is 54.1 Å². The van der Waals surface area contributed by atoms with Gasteiger partial charge in [-0.1, -0.05) is 43.3 Å². The van der Waals surface area contributed by atoms with Gasteiger partial charge in [0.1, 0.15) is 0 Å². The van der Waals surface area contributed by atoms with E-state index in [4.69, 9.17) is 4.74 Å². The molecule has 0 amide bonds.